The highest BCUT2D eigenvalue weighted by Gasteiger charge is 2.44. The maximum atomic E-state index is 5.52. The number of hydrogen-bond acceptors (Lipinski definition) is 6. The van der Waals surface area contributed by atoms with E-state index in [1.807, 2.05) is 25.1 Å². The normalized spacial score (nSPS) is 17.0. The fourth-order valence-electron chi connectivity index (χ4n) is 6.67. The van der Waals surface area contributed by atoms with E-state index in [1.54, 1.807) is 14.2 Å². The number of hydrogen-bond donors (Lipinski definition) is 0. The molecule has 0 bridgehead atoms. The molecule has 0 amide bonds. The first-order chi connectivity index (χ1) is 19.3. The van der Waals surface area contributed by atoms with Gasteiger partial charge in [0.2, 0.25) is 0 Å². The third-order valence-corrected chi connectivity index (χ3v) is 8.78. The van der Waals surface area contributed by atoms with E-state index in [1.165, 1.54) is 38.2 Å². The lowest BCUT2D eigenvalue weighted by molar-refractivity contribution is -0.0247. The van der Waals surface area contributed by atoms with Gasteiger partial charge in [-0.05, 0) is 67.5 Å². The second kappa shape index (κ2) is 10.4. The molecule has 7 heteroatoms. The van der Waals surface area contributed by atoms with Crippen LogP contribution in [0.5, 0.6) is 11.5 Å². The third kappa shape index (κ3) is 4.81. The third-order valence-electron chi connectivity index (χ3n) is 8.78. The summed E-state index contributed by atoms with van der Waals surface area (Å²) < 4.78 is 13.1. The Balaban J connectivity index is 1.20. The van der Waals surface area contributed by atoms with Crippen LogP contribution in [0.3, 0.4) is 0 Å². The fraction of sp³-hybridized carbons (Fsp3) is 0.455. The van der Waals surface area contributed by atoms with Gasteiger partial charge in [0.1, 0.15) is 11.3 Å². The van der Waals surface area contributed by atoms with Gasteiger partial charge >= 0.3 is 0 Å². The number of pyridine rings is 1. The minimum Gasteiger partial charge on any atom is -0.493 e. The van der Waals surface area contributed by atoms with Crippen molar-refractivity contribution in [2.75, 3.05) is 51.8 Å². The van der Waals surface area contributed by atoms with Crippen LogP contribution in [0.4, 0.5) is 5.69 Å². The molecule has 4 heterocycles. The van der Waals surface area contributed by atoms with E-state index in [-0.39, 0.29) is 0 Å². The van der Waals surface area contributed by atoms with Crippen LogP contribution in [0.2, 0.25) is 0 Å². The number of benzene rings is 2. The van der Waals surface area contributed by atoms with E-state index in [0.717, 1.165) is 58.4 Å². The summed E-state index contributed by atoms with van der Waals surface area (Å²) in [6.45, 7) is 12.8. The number of nitrogens with zero attached hydrogens (tertiary/aromatic N) is 5. The predicted molar refractivity (Wildman–Crippen MR) is 162 cm³/mol. The second-order valence-corrected chi connectivity index (χ2v) is 12.1. The molecule has 4 aromatic rings. The number of aromatic nitrogens is 3. The summed E-state index contributed by atoms with van der Waals surface area (Å²) in [4.78, 5) is 15.1. The molecule has 2 aromatic heterocycles. The van der Waals surface area contributed by atoms with Crippen molar-refractivity contribution < 1.29 is 9.47 Å². The van der Waals surface area contributed by atoms with Crippen LogP contribution < -0.4 is 14.4 Å². The number of imidazole rings is 1. The van der Waals surface area contributed by atoms with Crippen molar-refractivity contribution in [1.82, 2.24) is 19.4 Å². The molecule has 0 atom stereocenters. The molecular weight excluding hydrogens is 498 g/mol. The first kappa shape index (κ1) is 26.6. The zero-order chi connectivity index (χ0) is 28.0. The number of methoxy groups -OCH3 is 2. The number of fused-ring (bicyclic) bond motifs is 1. The monoisotopic (exact) mass is 539 g/mol. The standard InChI is InChI=1S/C33H41N5O2/c1-22(2)19-37-20-33(21-37)13-15-38(16-14-33)26-10-7-24(8-11-26)27-18-28-31(23(3)34-27)35-32(36(28)4)25-9-12-29(39-5)30(17-25)40-6/h7-12,17-18,22H,13-16,19-21H2,1-6H3. The molecule has 0 radical (unpaired) electrons. The molecule has 1 spiro atoms. The van der Waals surface area contributed by atoms with Crippen LogP contribution in [0.1, 0.15) is 32.4 Å². The van der Waals surface area contributed by atoms with Gasteiger partial charge in [0, 0.05) is 56.6 Å². The summed E-state index contributed by atoms with van der Waals surface area (Å²) in [6, 6.07) is 17.0. The summed E-state index contributed by atoms with van der Waals surface area (Å²) >= 11 is 0. The Morgan fingerprint density at radius 1 is 0.875 bits per heavy atom. The van der Waals surface area contributed by atoms with Gasteiger partial charge in [-0.1, -0.05) is 26.0 Å². The van der Waals surface area contributed by atoms with E-state index in [2.05, 4.69) is 65.6 Å². The summed E-state index contributed by atoms with van der Waals surface area (Å²) in [5.74, 6) is 3.02. The minimum atomic E-state index is 0.557. The Hall–Kier alpha value is -3.58. The van der Waals surface area contributed by atoms with Crippen LogP contribution >= 0.6 is 0 Å². The lowest BCUT2D eigenvalue weighted by atomic mass is 9.71. The molecule has 2 saturated heterocycles. The Bertz CT molecular complexity index is 1510. The van der Waals surface area contributed by atoms with Crippen LogP contribution in [-0.4, -0.2) is 66.4 Å². The van der Waals surface area contributed by atoms with Crippen LogP contribution in [0, 0.1) is 18.3 Å². The van der Waals surface area contributed by atoms with Crippen LogP contribution in [0.15, 0.2) is 48.5 Å². The zero-order valence-corrected chi connectivity index (χ0v) is 24.7. The summed E-state index contributed by atoms with van der Waals surface area (Å²) in [7, 11) is 5.36. The molecule has 0 saturated carbocycles. The second-order valence-electron chi connectivity index (χ2n) is 12.1. The first-order valence-electron chi connectivity index (χ1n) is 14.4. The predicted octanol–water partition coefficient (Wildman–Crippen LogP) is 6.19. The van der Waals surface area contributed by atoms with E-state index in [9.17, 15) is 0 Å². The van der Waals surface area contributed by atoms with E-state index in [4.69, 9.17) is 19.4 Å². The number of ether oxygens (including phenoxy) is 2. The average molecular weight is 540 g/mol. The van der Waals surface area contributed by atoms with Crippen molar-refractivity contribution in [1.29, 1.82) is 0 Å². The van der Waals surface area contributed by atoms with Gasteiger partial charge in [-0.15, -0.1) is 0 Å². The highest BCUT2D eigenvalue weighted by molar-refractivity contribution is 5.86. The van der Waals surface area contributed by atoms with Crippen molar-refractivity contribution in [3.63, 3.8) is 0 Å². The van der Waals surface area contributed by atoms with Crippen molar-refractivity contribution >= 4 is 16.7 Å². The Morgan fingerprint density at radius 2 is 1.55 bits per heavy atom. The van der Waals surface area contributed by atoms with Gasteiger partial charge in [0.15, 0.2) is 11.5 Å². The van der Waals surface area contributed by atoms with Crippen LogP contribution in [-0.2, 0) is 7.05 Å². The lowest BCUT2D eigenvalue weighted by Gasteiger charge is -2.55. The van der Waals surface area contributed by atoms with E-state index >= 15 is 0 Å². The average Bonchev–Trinajstić information content (AvgIpc) is 3.28. The minimum absolute atomic E-state index is 0.557. The Labute approximate surface area is 237 Å². The SMILES string of the molecule is COc1ccc(-c2nc3c(C)nc(-c4ccc(N5CCC6(CC5)CN(CC(C)C)C6)cc4)cc3n2C)cc1OC. The molecule has 2 aliphatic rings. The van der Waals surface area contributed by atoms with Gasteiger partial charge in [-0.25, -0.2) is 4.98 Å². The molecule has 0 aliphatic carbocycles. The number of anilines is 1. The number of likely N-dealkylation sites (tertiary alicyclic amines) is 1. The lowest BCUT2D eigenvalue weighted by Crippen LogP contribution is -2.60. The molecule has 7 nitrogen and oxygen atoms in total. The van der Waals surface area contributed by atoms with Gasteiger partial charge in [-0.3, -0.25) is 4.98 Å². The molecule has 2 aromatic carbocycles. The number of aryl methyl sites for hydroxylation is 2. The van der Waals surface area contributed by atoms with Crippen molar-refractivity contribution in [3.05, 3.63) is 54.2 Å². The molecule has 40 heavy (non-hydrogen) atoms. The molecule has 0 unspecified atom stereocenters. The van der Waals surface area contributed by atoms with Gasteiger partial charge < -0.3 is 23.8 Å². The summed E-state index contributed by atoms with van der Waals surface area (Å²) in [5, 5.41) is 0. The smallest absolute Gasteiger partial charge is 0.161 e. The highest BCUT2D eigenvalue weighted by Crippen LogP contribution is 2.42. The molecular formula is C33H41N5O2. The quantitative estimate of drug-likeness (QED) is 0.279. The van der Waals surface area contributed by atoms with Gasteiger partial charge in [0.25, 0.3) is 0 Å². The van der Waals surface area contributed by atoms with Crippen molar-refractivity contribution in [2.24, 2.45) is 18.4 Å². The number of rotatable bonds is 7. The molecule has 2 fully saturated rings. The molecule has 0 N–H and O–H groups in total. The maximum Gasteiger partial charge on any atom is 0.161 e. The summed E-state index contributed by atoms with van der Waals surface area (Å²) in [6.07, 6.45) is 2.59. The largest absolute Gasteiger partial charge is 0.493 e. The van der Waals surface area contributed by atoms with Crippen molar-refractivity contribution in [3.8, 4) is 34.1 Å². The first-order valence-corrected chi connectivity index (χ1v) is 14.4. The summed E-state index contributed by atoms with van der Waals surface area (Å²) in [5.41, 5.74) is 7.83. The van der Waals surface area contributed by atoms with Gasteiger partial charge in [-0.2, -0.15) is 0 Å². The zero-order valence-electron chi connectivity index (χ0n) is 24.7. The topological polar surface area (TPSA) is 55.7 Å². The molecule has 6 rings (SSSR count). The maximum absolute atomic E-state index is 5.52. The van der Waals surface area contributed by atoms with Crippen molar-refractivity contribution in [2.45, 2.75) is 33.6 Å². The Morgan fingerprint density at radius 3 is 2.20 bits per heavy atom. The van der Waals surface area contributed by atoms with Crippen LogP contribution in [0.25, 0.3) is 33.7 Å². The highest BCUT2D eigenvalue weighted by atomic mass is 16.5. The van der Waals surface area contributed by atoms with E-state index < -0.39 is 0 Å². The molecule has 210 valence electrons. The van der Waals surface area contributed by atoms with E-state index in [0.29, 0.717) is 16.9 Å². The number of piperidine rings is 1. The molecule has 2 aliphatic heterocycles. The van der Waals surface area contributed by atoms with Gasteiger partial charge in [0.05, 0.1) is 31.1 Å². The fourth-order valence-corrected chi connectivity index (χ4v) is 6.67. The Kier molecular flexibility index (Phi) is 6.95.